The van der Waals surface area contributed by atoms with E-state index in [1.807, 2.05) is 20.8 Å². The minimum atomic E-state index is -0.388. The summed E-state index contributed by atoms with van der Waals surface area (Å²) < 4.78 is 10.3. The van der Waals surface area contributed by atoms with E-state index < -0.39 is 0 Å². The van der Waals surface area contributed by atoms with Crippen LogP contribution in [0.5, 0.6) is 0 Å². The molecule has 0 amide bonds. The number of carbonyl (C=O) groups is 1. The van der Waals surface area contributed by atoms with Crippen molar-refractivity contribution in [1.82, 2.24) is 0 Å². The molecule has 3 nitrogen and oxygen atoms in total. The first-order valence-electron chi connectivity index (χ1n) is 4.62. The summed E-state index contributed by atoms with van der Waals surface area (Å²) in [4.78, 5) is 11.6. The van der Waals surface area contributed by atoms with E-state index in [9.17, 15) is 4.79 Å². The normalized spacial score (nSPS) is 19.7. The van der Waals surface area contributed by atoms with Crippen molar-refractivity contribution in [2.24, 2.45) is 5.41 Å². The number of hydrogen-bond donors (Lipinski definition) is 0. The maximum atomic E-state index is 11.6. The van der Waals surface area contributed by atoms with Gasteiger partial charge in [-0.25, -0.2) is 0 Å². The van der Waals surface area contributed by atoms with Crippen LogP contribution in [0.3, 0.4) is 0 Å². The standard InChI is InChI=1S/C10H18O3/c1-9(2,3)13-8(11)10(5-6-10)7-12-4/h5-7H2,1-4H3. The second-order valence-corrected chi connectivity index (χ2v) is 4.72. The number of carbonyl (C=O) groups excluding carboxylic acids is 1. The molecule has 1 saturated carbocycles. The molecule has 0 radical (unpaired) electrons. The summed E-state index contributed by atoms with van der Waals surface area (Å²) in [6, 6.07) is 0. The monoisotopic (exact) mass is 186 g/mol. The van der Waals surface area contributed by atoms with Crippen LogP contribution in [0.1, 0.15) is 33.6 Å². The minimum absolute atomic E-state index is 0.109. The van der Waals surface area contributed by atoms with Gasteiger partial charge in [0, 0.05) is 7.11 Å². The van der Waals surface area contributed by atoms with Crippen molar-refractivity contribution in [3.8, 4) is 0 Å². The fourth-order valence-corrected chi connectivity index (χ4v) is 1.22. The van der Waals surface area contributed by atoms with Crippen LogP contribution in [0, 0.1) is 5.41 Å². The highest BCUT2D eigenvalue weighted by Crippen LogP contribution is 2.47. The first-order chi connectivity index (χ1) is 5.90. The number of hydrogen-bond acceptors (Lipinski definition) is 3. The topological polar surface area (TPSA) is 35.5 Å². The highest BCUT2D eigenvalue weighted by atomic mass is 16.6. The van der Waals surface area contributed by atoms with Crippen LogP contribution in [-0.4, -0.2) is 25.3 Å². The van der Waals surface area contributed by atoms with Gasteiger partial charge in [0.05, 0.1) is 12.0 Å². The predicted molar refractivity (Wildman–Crippen MR) is 49.4 cm³/mol. The van der Waals surface area contributed by atoms with Gasteiger partial charge in [-0.2, -0.15) is 0 Å². The van der Waals surface area contributed by atoms with Gasteiger partial charge in [-0.1, -0.05) is 0 Å². The molecule has 0 N–H and O–H groups in total. The van der Waals surface area contributed by atoms with E-state index in [4.69, 9.17) is 9.47 Å². The molecule has 1 fully saturated rings. The van der Waals surface area contributed by atoms with Crippen molar-refractivity contribution < 1.29 is 14.3 Å². The molecule has 1 aliphatic carbocycles. The molecule has 0 bridgehead atoms. The molecule has 3 heteroatoms. The van der Waals surface area contributed by atoms with Crippen molar-refractivity contribution in [1.29, 1.82) is 0 Å². The Bertz CT molecular complexity index is 199. The van der Waals surface area contributed by atoms with E-state index in [1.165, 1.54) is 0 Å². The van der Waals surface area contributed by atoms with Crippen LogP contribution in [0.25, 0.3) is 0 Å². The Morgan fingerprint density at radius 3 is 2.23 bits per heavy atom. The smallest absolute Gasteiger partial charge is 0.314 e. The zero-order valence-electron chi connectivity index (χ0n) is 8.85. The average Bonchev–Trinajstić information content (AvgIpc) is 2.66. The molecule has 1 aliphatic rings. The molecule has 0 aromatic rings. The summed E-state index contributed by atoms with van der Waals surface area (Å²) in [5, 5.41) is 0. The van der Waals surface area contributed by atoms with Crippen LogP contribution in [0.2, 0.25) is 0 Å². The van der Waals surface area contributed by atoms with Gasteiger partial charge in [-0.15, -0.1) is 0 Å². The molecule has 76 valence electrons. The van der Waals surface area contributed by atoms with Gasteiger partial charge in [0.25, 0.3) is 0 Å². The lowest BCUT2D eigenvalue weighted by atomic mass is 10.1. The Morgan fingerprint density at radius 1 is 1.38 bits per heavy atom. The molecular weight excluding hydrogens is 168 g/mol. The zero-order valence-corrected chi connectivity index (χ0v) is 8.85. The van der Waals surface area contributed by atoms with Gasteiger partial charge in [0.2, 0.25) is 0 Å². The highest BCUT2D eigenvalue weighted by molar-refractivity contribution is 5.80. The number of rotatable bonds is 3. The minimum Gasteiger partial charge on any atom is -0.459 e. The summed E-state index contributed by atoms with van der Waals surface area (Å²) in [6.07, 6.45) is 1.80. The third-order valence-electron chi connectivity index (χ3n) is 2.11. The Kier molecular flexibility index (Phi) is 2.66. The molecule has 0 aromatic heterocycles. The van der Waals surface area contributed by atoms with Crippen molar-refractivity contribution in [2.75, 3.05) is 13.7 Å². The molecule has 0 aliphatic heterocycles. The van der Waals surface area contributed by atoms with Gasteiger partial charge in [-0.3, -0.25) is 4.79 Å². The fourth-order valence-electron chi connectivity index (χ4n) is 1.22. The van der Waals surface area contributed by atoms with Crippen molar-refractivity contribution in [3.05, 3.63) is 0 Å². The first kappa shape index (κ1) is 10.5. The molecule has 0 spiro atoms. The van der Waals surface area contributed by atoms with Crippen molar-refractivity contribution in [2.45, 2.75) is 39.2 Å². The molecule has 0 heterocycles. The Morgan fingerprint density at radius 2 is 1.92 bits per heavy atom. The molecule has 1 rings (SSSR count). The molecular formula is C10H18O3. The summed E-state index contributed by atoms with van der Waals surface area (Å²) in [7, 11) is 1.62. The molecule has 0 atom stereocenters. The number of ether oxygens (including phenoxy) is 2. The third-order valence-corrected chi connectivity index (χ3v) is 2.11. The first-order valence-corrected chi connectivity index (χ1v) is 4.62. The molecule has 0 aromatic carbocycles. The number of methoxy groups -OCH3 is 1. The quantitative estimate of drug-likeness (QED) is 0.630. The third kappa shape index (κ3) is 2.69. The summed E-state index contributed by atoms with van der Waals surface area (Å²) in [6.45, 7) is 6.14. The Balaban J connectivity index is 2.48. The van der Waals surface area contributed by atoms with Crippen molar-refractivity contribution in [3.63, 3.8) is 0 Å². The van der Waals surface area contributed by atoms with E-state index in [0.717, 1.165) is 12.8 Å². The predicted octanol–water partition coefficient (Wildman–Crippen LogP) is 1.75. The van der Waals surface area contributed by atoms with E-state index >= 15 is 0 Å². The van der Waals surface area contributed by atoms with Crippen molar-refractivity contribution >= 4 is 5.97 Å². The summed E-state index contributed by atoms with van der Waals surface area (Å²) in [5.74, 6) is -0.109. The van der Waals surface area contributed by atoms with Crippen LogP contribution in [0.4, 0.5) is 0 Å². The van der Waals surface area contributed by atoms with Crippen LogP contribution < -0.4 is 0 Å². The maximum absolute atomic E-state index is 11.6. The van der Waals surface area contributed by atoms with Crippen LogP contribution in [-0.2, 0) is 14.3 Å². The van der Waals surface area contributed by atoms with E-state index in [2.05, 4.69) is 0 Å². The van der Waals surface area contributed by atoms with Gasteiger partial charge >= 0.3 is 5.97 Å². The van der Waals surface area contributed by atoms with Gasteiger partial charge < -0.3 is 9.47 Å². The Labute approximate surface area is 79.4 Å². The lowest BCUT2D eigenvalue weighted by molar-refractivity contribution is -0.163. The van der Waals surface area contributed by atoms with Gasteiger partial charge in [0.1, 0.15) is 5.60 Å². The SMILES string of the molecule is COCC1(C(=O)OC(C)(C)C)CC1. The average molecular weight is 186 g/mol. The highest BCUT2D eigenvalue weighted by Gasteiger charge is 2.52. The maximum Gasteiger partial charge on any atom is 0.314 e. The zero-order chi connectivity index (χ0) is 10.1. The fraction of sp³-hybridized carbons (Fsp3) is 0.900. The molecule has 13 heavy (non-hydrogen) atoms. The van der Waals surface area contributed by atoms with E-state index in [-0.39, 0.29) is 17.0 Å². The largest absolute Gasteiger partial charge is 0.459 e. The van der Waals surface area contributed by atoms with Crippen LogP contribution >= 0.6 is 0 Å². The van der Waals surface area contributed by atoms with Gasteiger partial charge in [-0.05, 0) is 33.6 Å². The Hall–Kier alpha value is -0.570. The van der Waals surface area contributed by atoms with Gasteiger partial charge in [0.15, 0.2) is 0 Å². The lowest BCUT2D eigenvalue weighted by Gasteiger charge is -2.23. The molecule has 0 saturated heterocycles. The number of esters is 1. The van der Waals surface area contributed by atoms with Crippen LogP contribution in [0.15, 0.2) is 0 Å². The molecule has 0 unspecified atom stereocenters. The lowest BCUT2D eigenvalue weighted by Crippen LogP contribution is -2.31. The summed E-state index contributed by atoms with van der Waals surface area (Å²) >= 11 is 0. The summed E-state index contributed by atoms with van der Waals surface area (Å²) in [5.41, 5.74) is -0.706. The second-order valence-electron chi connectivity index (χ2n) is 4.72. The van der Waals surface area contributed by atoms with E-state index in [1.54, 1.807) is 7.11 Å². The van der Waals surface area contributed by atoms with E-state index in [0.29, 0.717) is 6.61 Å². The second kappa shape index (κ2) is 3.29.